The van der Waals surface area contributed by atoms with Gasteiger partial charge in [-0.05, 0) is 12.1 Å². The molecule has 0 aliphatic heterocycles. The van der Waals surface area contributed by atoms with Crippen LogP contribution in [0.1, 0.15) is 0 Å². The maximum Gasteiger partial charge on any atom is 0.318 e. The molecular formula is C13H17NO6S. The number of carboxylic acids is 1. The van der Waals surface area contributed by atoms with Crippen LogP contribution in [-0.4, -0.2) is 51.1 Å². The third-order valence-corrected chi connectivity index (χ3v) is 4.47. The highest BCUT2D eigenvalue weighted by Gasteiger charge is 2.29. The largest absolute Gasteiger partial charge is 0.497 e. The Morgan fingerprint density at radius 2 is 2.05 bits per heavy atom. The summed E-state index contributed by atoms with van der Waals surface area (Å²) in [7, 11) is -1.33. The molecule has 0 heterocycles. The molecule has 0 atom stereocenters. The van der Waals surface area contributed by atoms with Crippen LogP contribution >= 0.6 is 0 Å². The van der Waals surface area contributed by atoms with Crippen molar-refractivity contribution in [2.75, 3.05) is 27.3 Å². The molecule has 21 heavy (non-hydrogen) atoms. The zero-order valence-electron chi connectivity index (χ0n) is 11.8. The second-order valence-electron chi connectivity index (χ2n) is 4.00. The third-order valence-electron chi connectivity index (χ3n) is 2.63. The summed E-state index contributed by atoms with van der Waals surface area (Å²) in [5.74, 6) is -0.833. The Hall–Kier alpha value is -2.06. The summed E-state index contributed by atoms with van der Waals surface area (Å²) in [6.45, 7) is 2.63. The predicted octanol–water partition coefficient (Wildman–Crippen LogP) is 0.965. The number of hydrogen-bond acceptors (Lipinski definition) is 5. The molecule has 0 unspecified atom stereocenters. The van der Waals surface area contributed by atoms with Crippen molar-refractivity contribution in [3.63, 3.8) is 0 Å². The topological polar surface area (TPSA) is 93.1 Å². The average Bonchev–Trinajstić information content (AvgIpc) is 2.45. The van der Waals surface area contributed by atoms with Gasteiger partial charge in [0.05, 0.1) is 14.2 Å². The lowest BCUT2D eigenvalue weighted by Crippen LogP contribution is -2.36. The van der Waals surface area contributed by atoms with E-state index < -0.39 is 22.5 Å². The van der Waals surface area contributed by atoms with Gasteiger partial charge in [0.2, 0.25) is 10.0 Å². The molecule has 7 nitrogen and oxygen atoms in total. The second-order valence-corrected chi connectivity index (χ2v) is 5.90. The van der Waals surface area contributed by atoms with Crippen molar-refractivity contribution in [1.29, 1.82) is 0 Å². The minimum atomic E-state index is -4.06. The van der Waals surface area contributed by atoms with Gasteiger partial charge in [-0.1, -0.05) is 6.08 Å². The molecule has 0 fully saturated rings. The summed E-state index contributed by atoms with van der Waals surface area (Å²) in [4.78, 5) is 10.7. The monoisotopic (exact) mass is 315 g/mol. The second kappa shape index (κ2) is 7.09. The maximum absolute atomic E-state index is 12.6. The summed E-state index contributed by atoms with van der Waals surface area (Å²) in [5, 5.41) is 8.85. The zero-order chi connectivity index (χ0) is 16.0. The molecule has 0 aliphatic rings. The lowest BCUT2D eigenvalue weighted by molar-refractivity contribution is -0.137. The Kier molecular flexibility index (Phi) is 5.74. The van der Waals surface area contributed by atoms with Crippen LogP contribution in [0, 0.1) is 0 Å². The Labute approximate surface area is 123 Å². The molecule has 1 aromatic rings. The van der Waals surface area contributed by atoms with Crippen LogP contribution in [-0.2, 0) is 14.8 Å². The van der Waals surface area contributed by atoms with Crippen molar-refractivity contribution in [2.45, 2.75) is 4.90 Å². The smallest absolute Gasteiger partial charge is 0.318 e. The summed E-state index contributed by atoms with van der Waals surface area (Å²) >= 11 is 0. The Morgan fingerprint density at radius 3 is 2.52 bits per heavy atom. The van der Waals surface area contributed by atoms with Gasteiger partial charge in [0.25, 0.3) is 0 Å². The molecule has 1 rings (SSSR count). The number of sulfonamides is 1. The van der Waals surface area contributed by atoms with E-state index in [1.807, 2.05) is 0 Å². The molecule has 0 spiro atoms. The fourth-order valence-electron chi connectivity index (χ4n) is 1.67. The molecule has 0 aromatic heterocycles. The van der Waals surface area contributed by atoms with Gasteiger partial charge in [-0.25, -0.2) is 8.42 Å². The zero-order valence-corrected chi connectivity index (χ0v) is 12.6. The molecule has 0 saturated carbocycles. The molecule has 116 valence electrons. The van der Waals surface area contributed by atoms with Crippen molar-refractivity contribution >= 4 is 16.0 Å². The first-order valence-electron chi connectivity index (χ1n) is 5.91. The first-order valence-corrected chi connectivity index (χ1v) is 7.35. The van der Waals surface area contributed by atoms with Gasteiger partial charge < -0.3 is 14.6 Å². The van der Waals surface area contributed by atoms with Crippen molar-refractivity contribution < 1.29 is 27.8 Å². The Morgan fingerprint density at radius 1 is 1.38 bits per heavy atom. The van der Waals surface area contributed by atoms with Crippen LogP contribution in [0.2, 0.25) is 0 Å². The van der Waals surface area contributed by atoms with Crippen molar-refractivity contribution in [1.82, 2.24) is 4.31 Å². The van der Waals surface area contributed by atoms with E-state index in [0.29, 0.717) is 5.75 Å². The van der Waals surface area contributed by atoms with E-state index in [1.165, 1.54) is 32.4 Å². The molecule has 1 aromatic carbocycles. The van der Waals surface area contributed by atoms with Crippen LogP contribution in [0.25, 0.3) is 0 Å². The van der Waals surface area contributed by atoms with E-state index in [-0.39, 0.29) is 17.2 Å². The minimum Gasteiger partial charge on any atom is -0.497 e. The fraction of sp³-hybridized carbons (Fsp3) is 0.308. The van der Waals surface area contributed by atoms with Gasteiger partial charge in [-0.15, -0.1) is 6.58 Å². The van der Waals surface area contributed by atoms with E-state index in [0.717, 1.165) is 4.31 Å². The average molecular weight is 315 g/mol. The highest BCUT2D eigenvalue weighted by molar-refractivity contribution is 7.89. The van der Waals surface area contributed by atoms with Gasteiger partial charge in [0.15, 0.2) is 0 Å². The van der Waals surface area contributed by atoms with E-state index >= 15 is 0 Å². The molecule has 1 N–H and O–H groups in total. The van der Waals surface area contributed by atoms with Gasteiger partial charge in [0, 0.05) is 12.6 Å². The van der Waals surface area contributed by atoms with Crippen molar-refractivity contribution in [2.24, 2.45) is 0 Å². The van der Waals surface area contributed by atoms with E-state index in [1.54, 1.807) is 6.07 Å². The predicted molar refractivity (Wildman–Crippen MR) is 76.1 cm³/mol. The van der Waals surface area contributed by atoms with Crippen molar-refractivity contribution in [3.8, 4) is 11.5 Å². The number of benzene rings is 1. The van der Waals surface area contributed by atoms with Crippen molar-refractivity contribution in [3.05, 3.63) is 30.9 Å². The van der Waals surface area contributed by atoms with E-state index in [2.05, 4.69) is 6.58 Å². The quantitative estimate of drug-likeness (QED) is 0.718. The van der Waals surface area contributed by atoms with Gasteiger partial charge in [-0.2, -0.15) is 4.31 Å². The maximum atomic E-state index is 12.6. The summed E-state index contributed by atoms with van der Waals surface area (Å²) in [6.07, 6.45) is 1.31. The van der Waals surface area contributed by atoms with Crippen LogP contribution in [0.3, 0.4) is 0 Å². The molecule has 0 aliphatic carbocycles. The summed E-state index contributed by atoms with van der Waals surface area (Å²) in [5.41, 5.74) is 0. The van der Waals surface area contributed by atoms with Crippen LogP contribution in [0.4, 0.5) is 0 Å². The molecule has 0 radical (unpaired) electrons. The summed E-state index contributed by atoms with van der Waals surface area (Å²) < 4.78 is 36.0. The van der Waals surface area contributed by atoms with Crippen LogP contribution in [0.5, 0.6) is 11.5 Å². The normalized spacial score (nSPS) is 11.2. The first-order chi connectivity index (χ1) is 9.86. The Balaban J connectivity index is 3.38. The number of methoxy groups -OCH3 is 2. The third kappa shape index (κ3) is 3.96. The lowest BCUT2D eigenvalue weighted by Gasteiger charge is -2.20. The fourth-order valence-corrected chi connectivity index (χ4v) is 3.20. The Bertz CT molecular complexity index is 626. The molecule has 0 amide bonds. The number of nitrogens with zero attached hydrogens (tertiary/aromatic N) is 1. The standard InChI is InChI=1S/C13H17NO6S/c1-4-7-14(9-13(15)16)21(17,18)12-8-10(19-2)5-6-11(12)20-3/h4-6,8H,1,7,9H2,2-3H3,(H,15,16). The van der Waals surface area contributed by atoms with Gasteiger partial charge in [-0.3, -0.25) is 4.79 Å². The van der Waals surface area contributed by atoms with E-state index in [4.69, 9.17) is 14.6 Å². The van der Waals surface area contributed by atoms with Gasteiger partial charge >= 0.3 is 5.97 Å². The number of aliphatic carboxylic acids is 1. The number of ether oxygens (including phenoxy) is 2. The summed E-state index contributed by atoms with van der Waals surface area (Å²) in [6, 6.07) is 4.28. The minimum absolute atomic E-state index is 0.107. The van der Waals surface area contributed by atoms with Gasteiger partial charge in [0.1, 0.15) is 22.9 Å². The highest BCUT2D eigenvalue weighted by atomic mass is 32.2. The molecule has 0 bridgehead atoms. The van der Waals surface area contributed by atoms with Crippen LogP contribution < -0.4 is 9.47 Å². The number of carboxylic acid groups (broad SMARTS) is 1. The molecular weight excluding hydrogens is 298 g/mol. The van der Waals surface area contributed by atoms with E-state index in [9.17, 15) is 13.2 Å². The molecule has 8 heteroatoms. The lowest BCUT2D eigenvalue weighted by atomic mass is 10.3. The SMILES string of the molecule is C=CCN(CC(=O)O)S(=O)(=O)c1cc(OC)ccc1OC. The number of rotatable bonds is 8. The van der Waals surface area contributed by atoms with Crippen LogP contribution in [0.15, 0.2) is 35.7 Å². The highest BCUT2D eigenvalue weighted by Crippen LogP contribution is 2.30. The molecule has 0 saturated heterocycles. The number of hydrogen-bond donors (Lipinski definition) is 1. The first kappa shape index (κ1) is 17.0. The number of carbonyl (C=O) groups is 1.